The van der Waals surface area contributed by atoms with E-state index in [1.165, 1.54) is 35.2 Å². The lowest BCUT2D eigenvalue weighted by Crippen LogP contribution is -2.35. The van der Waals surface area contributed by atoms with Gasteiger partial charge < -0.3 is 9.64 Å². The lowest BCUT2D eigenvalue weighted by molar-refractivity contribution is 0.195. The zero-order valence-electron chi connectivity index (χ0n) is 17.2. The van der Waals surface area contributed by atoms with Crippen molar-refractivity contribution < 1.29 is 4.74 Å². The Labute approximate surface area is 174 Å². The lowest BCUT2D eigenvalue weighted by Gasteiger charge is -2.36. The third-order valence-electron chi connectivity index (χ3n) is 6.71. The second-order valence-corrected chi connectivity index (χ2v) is 8.60. The first-order valence-electron chi connectivity index (χ1n) is 10.9. The van der Waals surface area contributed by atoms with Crippen LogP contribution in [-0.4, -0.2) is 12.1 Å². The van der Waals surface area contributed by atoms with Crippen molar-refractivity contribution in [2.75, 3.05) is 4.90 Å². The van der Waals surface area contributed by atoms with Gasteiger partial charge in [-0.3, -0.25) is 0 Å². The number of nitrogens with zero attached hydrogens (tertiary/aromatic N) is 1. The summed E-state index contributed by atoms with van der Waals surface area (Å²) in [5, 5.41) is 0. The molecule has 5 rings (SSSR count). The van der Waals surface area contributed by atoms with Crippen LogP contribution in [0.25, 0.3) is 0 Å². The minimum atomic E-state index is 0.317. The molecule has 1 saturated carbocycles. The predicted octanol–water partition coefficient (Wildman–Crippen LogP) is 6.55. The van der Waals surface area contributed by atoms with Gasteiger partial charge >= 0.3 is 0 Å². The number of fused-ring (bicyclic) bond motifs is 4. The van der Waals surface area contributed by atoms with Gasteiger partial charge in [0, 0.05) is 28.9 Å². The van der Waals surface area contributed by atoms with Gasteiger partial charge in [-0.2, -0.15) is 0 Å². The molecule has 3 aliphatic rings. The molecule has 1 aliphatic carbocycles. The van der Waals surface area contributed by atoms with E-state index in [1.807, 2.05) is 0 Å². The van der Waals surface area contributed by atoms with Crippen LogP contribution in [0, 0.1) is 0 Å². The largest absolute Gasteiger partial charge is 0.489 e. The normalized spacial score (nSPS) is 26.1. The standard InChI is InChI=1S/C27H29NO/c1-19-14-16-20(2)28(25-11-5-3-8-21(25)17-15-19)22-9-7-13-27-24(18-22)23-10-4-6-12-26(23)29-27/h3-6,8,10-12,14-16,22,24,27H,2,7,9,13,17-18H2,1H3. The first-order valence-corrected chi connectivity index (χ1v) is 10.9. The highest BCUT2D eigenvalue weighted by Crippen LogP contribution is 2.46. The molecule has 1 fully saturated rings. The Morgan fingerprint density at radius 1 is 1.00 bits per heavy atom. The van der Waals surface area contributed by atoms with Crippen LogP contribution in [0.4, 0.5) is 5.69 Å². The zero-order valence-corrected chi connectivity index (χ0v) is 17.2. The third-order valence-corrected chi connectivity index (χ3v) is 6.71. The van der Waals surface area contributed by atoms with Gasteiger partial charge in [0.05, 0.1) is 0 Å². The maximum atomic E-state index is 6.34. The Kier molecular flexibility index (Phi) is 4.79. The molecule has 0 aromatic heterocycles. The van der Waals surface area contributed by atoms with Gasteiger partial charge in [-0.15, -0.1) is 0 Å². The number of rotatable bonds is 1. The van der Waals surface area contributed by atoms with Crippen molar-refractivity contribution in [2.24, 2.45) is 0 Å². The average molecular weight is 384 g/mol. The van der Waals surface area contributed by atoms with Crippen molar-refractivity contribution in [3.05, 3.63) is 95.7 Å². The van der Waals surface area contributed by atoms with Crippen molar-refractivity contribution in [2.45, 2.75) is 57.1 Å². The predicted molar refractivity (Wildman–Crippen MR) is 121 cm³/mol. The van der Waals surface area contributed by atoms with Crippen LogP contribution in [0.5, 0.6) is 5.75 Å². The van der Waals surface area contributed by atoms with Gasteiger partial charge in [0.25, 0.3) is 0 Å². The molecule has 0 bridgehead atoms. The monoisotopic (exact) mass is 383 g/mol. The summed E-state index contributed by atoms with van der Waals surface area (Å²) in [6.45, 7) is 6.66. The number of benzene rings is 2. The molecule has 2 heterocycles. The molecule has 3 atom stereocenters. The summed E-state index contributed by atoms with van der Waals surface area (Å²) >= 11 is 0. The zero-order chi connectivity index (χ0) is 19.8. The molecule has 2 aromatic rings. The summed E-state index contributed by atoms with van der Waals surface area (Å²) in [6.07, 6.45) is 12.6. The van der Waals surface area contributed by atoms with Gasteiger partial charge in [0.2, 0.25) is 0 Å². The highest BCUT2D eigenvalue weighted by Gasteiger charge is 2.39. The van der Waals surface area contributed by atoms with Crippen LogP contribution in [0.15, 0.2) is 84.6 Å². The van der Waals surface area contributed by atoms with Crippen molar-refractivity contribution in [1.82, 2.24) is 0 Å². The summed E-state index contributed by atoms with van der Waals surface area (Å²) in [5.41, 5.74) is 6.45. The van der Waals surface area contributed by atoms with E-state index < -0.39 is 0 Å². The molecule has 0 radical (unpaired) electrons. The van der Waals surface area contributed by atoms with E-state index in [1.54, 1.807) is 0 Å². The maximum Gasteiger partial charge on any atom is 0.123 e. The van der Waals surface area contributed by atoms with Crippen LogP contribution in [0.3, 0.4) is 0 Å². The number of para-hydroxylation sites is 2. The van der Waals surface area contributed by atoms with Gasteiger partial charge in [0.1, 0.15) is 11.9 Å². The maximum absolute atomic E-state index is 6.34. The second kappa shape index (κ2) is 7.59. The van der Waals surface area contributed by atoms with Crippen molar-refractivity contribution in [3.8, 4) is 5.75 Å². The smallest absolute Gasteiger partial charge is 0.123 e. The molecular formula is C27H29NO. The fourth-order valence-electron chi connectivity index (χ4n) is 5.23. The number of ether oxygens (including phenoxy) is 1. The summed E-state index contributed by atoms with van der Waals surface area (Å²) in [4.78, 5) is 2.52. The fraction of sp³-hybridized carbons (Fsp3) is 0.333. The molecule has 0 amide bonds. The number of anilines is 1. The van der Waals surface area contributed by atoms with Gasteiger partial charge in [-0.05, 0) is 62.8 Å². The molecule has 29 heavy (non-hydrogen) atoms. The Hall–Kier alpha value is -2.74. The molecule has 2 aromatic carbocycles. The number of hydrogen-bond acceptors (Lipinski definition) is 2. The van der Waals surface area contributed by atoms with Crippen LogP contribution in [-0.2, 0) is 6.42 Å². The van der Waals surface area contributed by atoms with E-state index in [0.717, 1.165) is 30.7 Å². The number of hydrogen-bond donors (Lipinski definition) is 0. The van der Waals surface area contributed by atoms with Crippen LogP contribution >= 0.6 is 0 Å². The Balaban J connectivity index is 1.54. The Bertz CT molecular complexity index is 986. The summed E-state index contributed by atoms with van der Waals surface area (Å²) in [5.74, 6) is 1.56. The van der Waals surface area contributed by atoms with Crippen LogP contribution in [0.1, 0.15) is 49.7 Å². The molecule has 2 heteroatoms. The van der Waals surface area contributed by atoms with Crippen LogP contribution < -0.4 is 9.64 Å². The van der Waals surface area contributed by atoms with E-state index in [4.69, 9.17) is 4.74 Å². The average Bonchev–Trinajstić information content (AvgIpc) is 2.98. The van der Waals surface area contributed by atoms with E-state index in [2.05, 4.69) is 85.2 Å². The molecule has 2 aliphatic heterocycles. The third kappa shape index (κ3) is 3.42. The first kappa shape index (κ1) is 18.3. The van der Waals surface area contributed by atoms with Crippen molar-refractivity contribution >= 4 is 5.69 Å². The van der Waals surface area contributed by atoms with Gasteiger partial charge in [-0.1, -0.05) is 60.7 Å². The summed E-state index contributed by atoms with van der Waals surface area (Å²) in [7, 11) is 0. The highest BCUT2D eigenvalue weighted by atomic mass is 16.5. The minimum Gasteiger partial charge on any atom is -0.489 e. The van der Waals surface area contributed by atoms with Crippen molar-refractivity contribution in [1.29, 1.82) is 0 Å². The second-order valence-electron chi connectivity index (χ2n) is 8.60. The molecule has 0 N–H and O–H groups in total. The fourth-order valence-corrected chi connectivity index (χ4v) is 5.23. The molecule has 3 unspecified atom stereocenters. The van der Waals surface area contributed by atoms with Crippen LogP contribution in [0.2, 0.25) is 0 Å². The van der Waals surface area contributed by atoms with E-state index in [9.17, 15) is 0 Å². The minimum absolute atomic E-state index is 0.317. The summed E-state index contributed by atoms with van der Waals surface area (Å²) < 4.78 is 6.34. The SMILES string of the molecule is C=C1C=CC(C)=CCc2ccccc2N1C1CCCC2Oc3ccccc3C2C1. The van der Waals surface area contributed by atoms with Gasteiger partial charge in [-0.25, -0.2) is 0 Å². The number of allylic oxidation sites excluding steroid dienone is 4. The lowest BCUT2D eigenvalue weighted by atomic mass is 9.89. The van der Waals surface area contributed by atoms with Gasteiger partial charge in [0.15, 0.2) is 0 Å². The Morgan fingerprint density at radius 2 is 1.83 bits per heavy atom. The van der Waals surface area contributed by atoms with Crippen molar-refractivity contribution in [3.63, 3.8) is 0 Å². The molecule has 0 spiro atoms. The molecule has 2 nitrogen and oxygen atoms in total. The van der Waals surface area contributed by atoms with E-state index in [-0.39, 0.29) is 0 Å². The quantitative estimate of drug-likeness (QED) is 0.553. The topological polar surface area (TPSA) is 12.5 Å². The van der Waals surface area contributed by atoms with E-state index >= 15 is 0 Å². The highest BCUT2D eigenvalue weighted by molar-refractivity contribution is 5.62. The Morgan fingerprint density at radius 3 is 2.76 bits per heavy atom. The van der Waals surface area contributed by atoms with E-state index in [0.29, 0.717) is 18.1 Å². The molecule has 0 saturated heterocycles. The molecular weight excluding hydrogens is 354 g/mol. The summed E-state index contributed by atoms with van der Waals surface area (Å²) in [6, 6.07) is 17.9. The molecule has 148 valence electrons. The first-order chi connectivity index (χ1) is 14.2.